The topological polar surface area (TPSA) is 77.2 Å². The summed E-state index contributed by atoms with van der Waals surface area (Å²) in [6.07, 6.45) is 2.63. The van der Waals surface area contributed by atoms with E-state index in [1.807, 2.05) is 6.92 Å². The van der Waals surface area contributed by atoms with Crippen LogP contribution in [0.5, 0.6) is 0 Å². The third kappa shape index (κ3) is 4.87. The maximum atomic E-state index is 12.2. The van der Waals surface area contributed by atoms with Crippen molar-refractivity contribution in [2.24, 2.45) is 0 Å². The maximum Gasteiger partial charge on any atom is 0.251 e. The molecule has 0 fully saturated rings. The van der Waals surface area contributed by atoms with Crippen molar-refractivity contribution in [2.75, 3.05) is 19.5 Å². The van der Waals surface area contributed by atoms with E-state index < -0.39 is 0 Å². The molecule has 3 N–H and O–H groups in total. The molecule has 1 atom stereocenters. The molecule has 1 aromatic heterocycles. The minimum atomic E-state index is -0.126. The Labute approximate surface area is 114 Å². The lowest BCUT2D eigenvalue weighted by atomic mass is 10.1. The number of nitrogens with one attached hydrogen (secondary N) is 1. The number of carbonyl (C=O) groups excluding carboxylic acids is 1. The molecule has 1 unspecified atom stereocenters. The molecule has 106 valence electrons. The summed E-state index contributed by atoms with van der Waals surface area (Å²) < 4.78 is 5.11. The third-order valence-electron chi connectivity index (χ3n) is 2.86. The first-order valence-corrected chi connectivity index (χ1v) is 6.66. The second-order valence-corrected chi connectivity index (χ2v) is 4.54. The summed E-state index contributed by atoms with van der Waals surface area (Å²) in [6.45, 7) is 4.57. The van der Waals surface area contributed by atoms with Crippen LogP contribution >= 0.6 is 0 Å². The molecular formula is C14H23N3O2. The lowest BCUT2D eigenvalue weighted by Crippen LogP contribution is -2.38. The molecule has 0 aromatic carbocycles. The average molecular weight is 265 g/mol. The fraction of sp³-hybridized carbons (Fsp3) is 0.571. The molecule has 1 heterocycles. The van der Waals surface area contributed by atoms with E-state index >= 15 is 0 Å². The molecule has 0 aliphatic carbocycles. The SMILES string of the molecule is CCCC(COC)NC(=O)c1cc(N)nc(CC)c1. The van der Waals surface area contributed by atoms with Crippen LogP contribution < -0.4 is 11.1 Å². The van der Waals surface area contributed by atoms with Crippen molar-refractivity contribution < 1.29 is 9.53 Å². The Balaban J connectivity index is 2.78. The minimum Gasteiger partial charge on any atom is -0.384 e. The van der Waals surface area contributed by atoms with E-state index in [1.165, 1.54) is 0 Å². The van der Waals surface area contributed by atoms with E-state index in [0.717, 1.165) is 25.0 Å². The molecular weight excluding hydrogens is 242 g/mol. The Morgan fingerprint density at radius 3 is 2.79 bits per heavy atom. The first kappa shape index (κ1) is 15.4. The quantitative estimate of drug-likeness (QED) is 0.787. The van der Waals surface area contributed by atoms with Gasteiger partial charge in [0.25, 0.3) is 5.91 Å². The number of rotatable bonds is 7. The number of carbonyl (C=O) groups is 1. The van der Waals surface area contributed by atoms with Crippen molar-refractivity contribution in [3.05, 3.63) is 23.4 Å². The molecule has 1 rings (SSSR count). The van der Waals surface area contributed by atoms with Gasteiger partial charge < -0.3 is 15.8 Å². The normalized spacial score (nSPS) is 12.2. The molecule has 0 aliphatic rings. The number of nitrogens with zero attached hydrogens (tertiary/aromatic N) is 1. The van der Waals surface area contributed by atoms with Gasteiger partial charge in [0, 0.05) is 18.4 Å². The molecule has 0 radical (unpaired) electrons. The molecule has 0 bridgehead atoms. The predicted molar refractivity (Wildman–Crippen MR) is 76.1 cm³/mol. The number of nitrogen functional groups attached to an aromatic ring is 1. The molecule has 0 saturated heterocycles. The molecule has 1 amide bonds. The number of amides is 1. The van der Waals surface area contributed by atoms with E-state index in [0.29, 0.717) is 18.0 Å². The van der Waals surface area contributed by atoms with Crippen molar-refractivity contribution in [1.82, 2.24) is 10.3 Å². The van der Waals surface area contributed by atoms with Gasteiger partial charge in [-0.05, 0) is 25.0 Å². The summed E-state index contributed by atoms with van der Waals surface area (Å²) in [6, 6.07) is 3.41. The zero-order valence-corrected chi connectivity index (χ0v) is 11.9. The van der Waals surface area contributed by atoms with E-state index in [9.17, 15) is 4.79 Å². The number of ether oxygens (including phenoxy) is 1. The summed E-state index contributed by atoms with van der Waals surface area (Å²) in [5, 5.41) is 2.97. The number of hydrogen-bond acceptors (Lipinski definition) is 4. The van der Waals surface area contributed by atoms with Crippen LogP contribution in [0, 0.1) is 0 Å². The van der Waals surface area contributed by atoms with E-state index in [4.69, 9.17) is 10.5 Å². The molecule has 1 aromatic rings. The zero-order valence-electron chi connectivity index (χ0n) is 11.9. The average Bonchev–Trinajstić information content (AvgIpc) is 2.38. The summed E-state index contributed by atoms with van der Waals surface area (Å²) in [7, 11) is 1.63. The predicted octanol–water partition coefficient (Wildman–Crippen LogP) is 1.77. The van der Waals surface area contributed by atoms with Crippen molar-refractivity contribution in [2.45, 2.75) is 39.2 Å². The first-order chi connectivity index (χ1) is 9.10. The lowest BCUT2D eigenvalue weighted by Gasteiger charge is -2.17. The Morgan fingerprint density at radius 2 is 2.21 bits per heavy atom. The largest absolute Gasteiger partial charge is 0.384 e. The zero-order chi connectivity index (χ0) is 14.3. The fourth-order valence-electron chi connectivity index (χ4n) is 1.94. The molecule has 0 saturated carbocycles. The van der Waals surface area contributed by atoms with Gasteiger partial charge in [-0.25, -0.2) is 4.98 Å². The van der Waals surface area contributed by atoms with Crippen molar-refractivity contribution in [1.29, 1.82) is 0 Å². The summed E-state index contributed by atoms with van der Waals surface area (Å²) in [5.41, 5.74) is 7.09. The second-order valence-electron chi connectivity index (χ2n) is 4.54. The molecule has 5 nitrogen and oxygen atoms in total. The highest BCUT2D eigenvalue weighted by Crippen LogP contribution is 2.09. The molecule has 0 aliphatic heterocycles. The highest BCUT2D eigenvalue weighted by Gasteiger charge is 2.14. The molecule has 0 spiro atoms. The van der Waals surface area contributed by atoms with Crippen LogP contribution in [0.15, 0.2) is 12.1 Å². The van der Waals surface area contributed by atoms with Gasteiger partial charge >= 0.3 is 0 Å². The van der Waals surface area contributed by atoms with Gasteiger partial charge in [0.2, 0.25) is 0 Å². The van der Waals surface area contributed by atoms with Gasteiger partial charge in [-0.15, -0.1) is 0 Å². The Kier molecular flexibility index (Phi) is 6.29. The first-order valence-electron chi connectivity index (χ1n) is 6.66. The van der Waals surface area contributed by atoms with Crippen LogP contribution in [0.3, 0.4) is 0 Å². The number of nitrogens with two attached hydrogens (primary N) is 1. The maximum absolute atomic E-state index is 12.2. The highest BCUT2D eigenvalue weighted by molar-refractivity contribution is 5.95. The van der Waals surface area contributed by atoms with Crippen LogP contribution in [0.25, 0.3) is 0 Å². The van der Waals surface area contributed by atoms with Crippen molar-refractivity contribution in [3.8, 4) is 0 Å². The van der Waals surface area contributed by atoms with Crippen LogP contribution in [-0.4, -0.2) is 30.6 Å². The third-order valence-corrected chi connectivity index (χ3v) is 2.86. The van der Waals surface area contributed by atoms with E-state index in [-0.39, 0.29) is 11.9 Å². The van der Waals surface area contributed by atoms with Gasteiger partial charge in [-0.3, -0.25) is 4.79 Å². The Hall–Kier alpha value is -1.62. The number of anilines is 1. The summed E-state index contributed by atoms with van der Waals surface area (Å²) >= 11 is 0. The van der Waals surface area contributed by atoms with E-state index in [1.54, 1.807) is 19.2 Å². The number of methoxy groups -OCH3 is 1. The van der Waals surface area contributed by atoms with Crippen LogP contribution in [0.4, 0.5) is 5.82 Å². The molecule has 5 heteroatoms. The highest BCUT2D eigenvalue weighted by atomic mass is 16.5. The monoisotopic (exact) mass is 265 g/mol. The number of aryl methyl sites for hydroxylation is 1. The van der Waals surface area contributed by atoms with Gasteiger partial charge in [-0.1, -0.05) is 20.3 Å². The van der Waals surface area contributed by atoms with Crippen molar-refractivity contribution >= 4 is 11.7 Å². The number of aromatic nitrogens is 1. The lowest BCUT2D eigenvalue weighted by molar-refractivity contribution is 0.0891. The van der Waals surface area contributed by atoms with Gasteiger partial charge in [0.15, 0.2) is 0 Å². The second kappa shape index (κ2) is 7.74. The Morgan fingerprint density at radius 1 is 1.47 bits per heavy atom. The summed E-state index contributed by atoms with van der Waals surface area (Å²) in [4.78, 5) is 16.3. The van der Waals surface area contributed by atoms with Crippen LogP contribution in [0.1, 0.15) is 42.7 Å². The van der Waals surface area contributed by atoms with Crippen molar-refractivity contribution in [3.63, 3.8) is 0 Å². The fourth-order valence-corrected chi connectivity index (χ4v) is 1.94. The van der Waals surface area contributed by atoms with E-state index in [2.05, 4.69) is 17.2 Å². The van der Waals surface area contributed by atoms with Crippen LogP contribution in [-0.2, 0) is 11.2 Å². The standard InChI is InChI=1S/C14H23N3O2/c1-4-6-12(9-19-3)17-14(18)10-7-11(5-2)16-13(15)8-10/h7-8,12H,4-6,9H2,1-3H3,(H2,15,16)(H,17,18). The van der Waals surface area contributed by atoms with Gasteiger partial charge in [-0.2, -0.15) is 0 Å². The molecule has 19 heavy (non-hydrogen) atoms. The minimum absolute atomic E-state index is 0.0296. The van der Waals surface area contributed by atoms with Crippen LogP contribution in [0.2, 0.25) is 0 Å². The Bertz CT molecular complexity index is 415. The number of pyridine rings is 1. The number of hydrogen-bond donors (Lipinski definition) is 2. The van der Waals surface area contributed by atoms with Gasteiger partial charge in [0.1, 0.15) is 5.82 Å². The van der Waals surface area contributed by atoms with Gasteiger partial charge in [0.05, 0.1) is 12.6 Å². The summed E-state index contributed by atoms with van der Waals surface area (Å²) in [5.74, 6) is 0.252. The smallest absolute Gasteiger partial charge is 0.251 e.